The van der Waals surface area contributed by atoms with Gasteiger partial charge in [0.15, 0.2) is 5.13 Å². The fourth-order valence-electron chi connectivity index (χ4n) is 3.47. The number of fused-ring (bicyclic) bond motifs is 1. The van der Waals surface area contributed by atoms with Crippen molar-refractivity contribution in [2.24, 2.45) is 7.05 Å². The Balaban J connectivity index is 1.57. The van der Waals surface area contributed by atoms with Gasteiger partial charge in [-0.25, -0.2) is 4.98 Å². The highest BCUT2D eigenvalue weighted by molar-refractivity contribution is 7.22. The largest absolute Gasteiger partial charge is 0.379 e. The van der Waals surface area contributed by atoms with Crippen molar-refractivity contribution in [3.63, 3.8) is 0 Å². The standard InChI is InChI=1S/C20H25N5O2S/c1-15-5-3-6-17-18(15)22-20(28-17)25(19(26)16-7-8-21-23(16)2)10-4-9-24-11-13-27-14-12-24/h3,5-8H,4,9-14H2,1-2H3. The summed E-state index contributed by atoms with van der Waals surface area (Å²) in [5.74, 6) is -0.0568. The lowest BCUT2D eigenvalue weighted by Gasteiger charge is -2.27. The van der Waals surface area contributed by atoms with Gasteiger partial charge in [-0.1, -0.05) is 23.5 Å². The predicted molar refractivity (Wildman–Crippen MR) is 111 cm³/mol. The molecule has 1 amide bonds. The predicted octanol–water partition coefficient (Wildman–Crippen LogP) is 2.71. The second-order valence-electron chi connectivity index (χ2n) is 7.02. The highest BCUT2D eigenvalue weighted by Gasteiger charge is 2.24. The number of carbonyl (C=O) groups is 1. The maximum absolute atomic E-state index is 13.3. The molecule has 2 aromatic heterocycles. The van der Waals surface area contributed by atoms with Crippen molar-refractivity contribution in [1.82, 2.24) is 19.7 Å². The van der Waals surface area contributed by atoms with Crippen molar-refractivity contribution in [3.05, 3.63) is 41.7 Å². The average molecular weight is 400 g/mol. The molecule has 0 spiro atoms. The Hall–Kier alpha value is -2.29. The maximum atomic E-state index is 13.3. The Bertz CT molecular complexity index is 961. The summed E-state index contributed by atoms with van der Waals surface area (Å²) in [7, 11) is 1.79. The van der Waals surface area contributed by atoms with Crippen LogP contribution in [0.5, 0.6) is 0 Å². The summed E-state index contributed by atoms with van der Waals surface area (Å²) in [6.07, 6.45) is 2.54. The number of benzene rings is 1. The van der Waals surface area contributed by atoms with Crippen LogP contribution in [0.25, 0.3) is 10.2 Å². The van der Waals surface area contributed by atoms with Crippen molar-refractivity contribution >= 4 is 32.6 Å². The lowest BCUT2D eigenvalue weighted by atomic mass is 10.2. The molecule has 0 bridgehead atoms. The summed E-state index contributed by atoms with van der Waals surface area (Å²) in [6.45, 7) is 7.11. The van der Waals surface area contributed by atoms with E-state index >= 15 is 0 Å². The second-order valence-corrected chi connectivity index (χ2v) is 8.03. The van der Waals surface area contributed by atoms with E-state index in [2.05, 4.69) is 29.1 Å². The summed E-state index contributed by atoms with van der Waals surface area (Å²) in [4.78, 5) is 22.3. The normalized spacial score (nSPS) is 15.2. The van der Waals surface area contributed by atoms with Crippen LogP contribution in [0, 0.1) is 6.92 Å². The van der Waals surface area contributed by atoms with E-state index in [1.807, 2.05) is 11.0 Å². The molecule has 0 radical (unpaired) electrons. The molecular formula is C20H25N5O2S. The number of hydrogen-bond donors (Lipinski definition) is 0. The summed E-state index contributed by atoms with van der Waals surface area (Å²) < 4.78 is 8.14. The molecule has 3 heterocycles. The molecule has 0 aliphatic carbocycles. The summed E-state index contributed by atoms with van der Waals surface area (Å²) in [5.41, 5.74) is 2.67. The molecule has 0 N–H and O–H groups in total. The van der Waals surface area contributed by atoms with Crippen LogP contribution < -0.4 is 4.90 Å². The highest BCUT2D eigenvalue weighted by Crippen LogP contribution is 2.31. The SMILES string of the molecule is Cc1cccc2sc(N(CCCN3CCOCC3)C(=O)c3ccnn3C)nc12. The van der Waals surface area contributed by atoms with E-state index in [9.17, 15) is 4.79 Å². The number of morpholine rings is 1. The molecule has 1 fully saturated rings. The van der Waals surface area contributed by atoms with Crippen LogP contribution in [-0.2, 0) is 11.8 Å². The number of thiazole rings is 1. The molecular weight excluding hydrogens is 374 g/mol. The number of anilines is 1. The Labute approximate surface area is 168 Å². The zero-order valence-electron chi connectivity index (χ0n) is 16.3. The molecule has 1 aliphatic heterocycles. The molecule has 148 valence electrons. The number of para-hydroxylation sites is 1. The van der Waals surface area contributed by atoms with Crippen LogP contribution in [0.15, 0.2) is 30.5 Å². The third kappa shape index (κ3) is 3.94. The zero-order valence-corrected chi connectivity index (χ0v) is 17.1. The van der Waals surface area contributed by atoms with E-state index in [0.29, 0.717) is 12.2 Å². The first kappa shape index (κ1) is 19.0. The smallest absolute Gasteiger partial charge is 0.278 e. The first-order valence-electron chi connectivity index (χ1n) is 9.59. The Morgan fingerprint density at radius 1 is 1.29 bits per heavy atom. The van der Waals surface area contributed by atoms with Crippen LogP contribution in [-0.4, -0.2) is 65.0 Å². The van der Waals surface area contributed by atoms with Gasteiger partial charge < -0.3 is 4.74 Å². The van der Waals surface area contributed by atoms with Gasteiger partial charge in [0.2, 0.25) is 0 Å². The zero-order chi connectivity index (χ0) is 19.5. The van der Waals surface area contributed by atoms with E-state index < -0.39 is 0 Å². The van der Waals surface area contributed by atoms with E-state index in [0.717, 1.165) is 60.2 Å². The molecule has 3 aromatic rings. The second kappa shape index (κ2) is 8.38. The van der Waals surface area contributed by atoms with Gasteiger partial charge in [0.05, 0.1) is 23.4 Å². The van der Waals surface area contributed by atoms with Gasteiger partial charge >= 0.3 is 0 Å². The van der Waals surface area contributed by atoms with Gasteiger partial charge in [-0.15, -0.1) is 0 Å². The van der Waals surface area contributed by atoms with Crippen molar-refractivity contribution in [2.75, 3.05) is 44.3 Å². The first-order chi connectivity index (χ1) is 13.6. The Morgan fingerprint density at radius 2 is 2.11 bits per heavy atom. The third-order valence-corrected chi connectivity index (χ3v) is 6.13. The molecule has 1 aromatic carbocycles. The Kier molecular flexibility index (Phi) is 5.70. The molecule has 0 unspecified atom stereocenters. The highest BCUT2D eigenvalue weighted by atomic mass is 32.1. The molecule has 28 heavy (non-hydrogen) atoms. The third-order valence-electron chi connectivity index (χ3n) is 5.09. The Morgan fingerprint density at radius 3 is 2.82 bits per heavy atom. The molecule has 1 aliphatic rings. The minimum atomic E-state index is -0.0568. The number of hydrogen-bond acceptors (Lipinski definition) is 6. The van der Waals surface area contributed by atoms with Gasteiger partial charge in [-0.2, -0.15) is 5.10 Å². The van der Waals surface area contributed by atoms with Crippen LogP contribution >= 0.6 is 11.3 Å². The molecule has 4 rings (SSSR count). The van der Waals surface area contributed by atoms with E-state index in [1.165, 1.54) is 0 Å². The van der Waals surface area contributed by atoms with Gasteiger partial charge in [0.25, 0.3) is 5.91 Å². The van der Waals surface area contributed by atoms with Crippen LogP contribution in [0.1, 0.15) is 22.5 Å². The number of rotatable bonds is 6. The molecule has 8 heteroatoms. The number of aryl methyl sites for hydroxylation is 2. The van der Waals surface area contributed by atoms with Gasteiger partial charge in [-0.05, 0) is 31.0 Å². The van der Waals surface area contributed by atoms with Crippen LogP contribution in [0.4, 0.5) is 5.13 Å². The molecule has 0 atom stereocenters. The minimum absolute atomic E-state index is 0.0568. The van der Waals surface area contributed by atoms with E-state index in [-0.39, 0.29) is 5.91 Å². The maximum Gasteiger partial charge on any atom is 0.278 e. The fraction of sp³-hybridized carbons (Fsp3) is 0.450. The topological polar surface area (TPSA) is 63.5 Å². The molecule has 0 saturated carbocycles. The first-order valence-corrected chi connectivity index (χ1v) is 10.4. The fourth-order valence-corrected chi connectivity index (χ4v) is 4.54. The molecule has 1 saturated heterocycles. The van der Waals surface area contributed by atoms with Gasteiger partial charge in [0, 0.05) is 39.4 Å². The summed E-state index contributed by atoms with van der Waals surface area (Å²) in [5, 5.41) is 4.90. The van der Waals surface area contributed by atoms with Crippen molar-refractivity contribution in [2.45, 2.75) is 13.3 Å². The lowest BCUT2D eigenvalue weighted by molar-refractivity contribution is 0.0376. The van der Waals surface area contributed by atoms with Crippen molar-refractivity contribution < 1.29 is 9.53 Å². The van der Waals surface area contributed by atoms with E-state index in [1.54, 1.807) is 35.3 Å². The number of amides is 1. The van der Waals surface area contributed by atoms with Crippen LogP contribution in [0.3, 0.4) is 0 Å². The quantitative estimate of drug-likeness (QED) is 0.638. The summed E-state index contributed by atoms with van der Waals surface area (Å²) in [6, 6.07) is 7.91. The lowest BCUT2D eigenvalue weighted by Crippen LogP contribution is -2.39. The number of carbonyl (C=O) groups excluding carboxylic acids is 1. The van der Waals surface area contributed by atoms with Gasteiger partial charge in [-0.3, -0.25) is 19.3 Å². The number of nitrogens with zero attached hydrogens (tertiary/aromatic N) is 5. The summed E-state index contributed by atoms with van der Waals surface area (Å²) >= 11 is 1.57. The average Bonchev–Trinajstić information content (AvgIpc) is 3.32. The monoisotopic (exact) mass is 399 g/mol. The minimum Gasteiger partial charge on any atom is -0.379 e. The van der Waals surface area contributed by atoms with Crippen molar-refractivity contribution in [3.8, 4) is 0 Å². The van der Waals surface area contributed by atoms with Gasteiger partial charge in [0.1, 0.15) is 5.69 Å². The van der Waals surface area contributed by atoms with Crippen molar-refractivity contribution in [1.29, 1.82) is 0 Å². The number of aromatic nitrogens is 3. The number of ether oxygens (including phenoxy) is 1. The van der Waals surface area contributed by atoms with E-state index in [4.69, 9.17) is 9.72 Å². The molecule has 7 nitrogen and oxygen atoms in total. The van der Waals surface area contributed by atoms with Crippen LogP contribution in [0.2, 0.25) is 0 Å².